The van der Waals surface area contributed by atoms with Crippen molar-refractivity contribution in [3.05, 3.63) is 48.5 Å². The van der Waals surface area contributed by atoms with Gasteiger partial charge in [-0.2, -0.15) is 0 Å². The summed E-state index contributed by atoms with van der Waals surface area (Å²) in [5.74, 6) is 0.510. The first-order valence-electron chi connectivity index (χ1n) is 9.64. The van der Waals surface area contributed by atoms with Crippen LogP contribution in [0.15, 0.2) is 53.4 Å². The molecule has 154 valence electrons. The van der Waals surface area contributed by atoms with Gasteiger partial charge in [-0.05, 0) is 37.7 Å². The fourth-order valence-electron chi connectivity index (χ4n) is 3.26. The van der Waals surface area contributed by atoms with Crippen molar-refractivity contribution in [1.29, 1.82) is 0 Å². The van der Waals surface area contributed by atoms with Gasteiger partial charge in [-0.1, -0.05) is 25.1 Å². The molecule has 1 atom stereocenters. The molecule has 0 saturated heterocycles. The van der Waals surface area contributed by atoms with E-state index in [2.05, 4.69) is 18.3 Å². The highest BCUT2D eigenvalue weighted by Crippen LogP contribution is 2.37. The molecule has 0 aliphatic carbocycles. The number of carbonyl (C=O) groups excluding carboxylic acids is 2. The molecule has 1 aliphatic rings. The van der Waals surface area contributed by atoms with Gasteiger partial charge in [-0.3, -0.25) is 14.5 Å². The van der Waals surface area contributed by atoms with Crippen molar-refractivity contribution in [1.82, 2.24) is 4.90 Å². The summed E-state index contributed by atoms with van der Waals surface area (Å²) in [6, 6.07) is 15.2. The molecule has 0 bridgehead atoms. The second kappa shape index (κ2) is 9.80. The first-order chi connectivity index (χ1) is 14.0. The van der Waals surface area contributed by atoms with E-state index in [0.717, 1.165) is 17.0 Å². The Kier molecular flexibility index (Phi) is 7.17. The zero-order valence-corrected chi connectivity index (χ0v) is 17.9. The minimum Gasteiger partial charge on any atom is -0.497 e. The fourth-order valence-corrected chi connectivity index (χ4v) is 4.38. The van der Waals surface area contributed by atoms with E-state index in [1.54, 1.807) is 43.0 Å². The third kappa shape index (κ3) is 5.74. The predicted molar refractivity (Wildman–Crippen MR) is 118 cm³/mol. The number of thioether (sulfide) groups is 1. The minimum atomic E-state index is -0.172. The maximum Gasteiger partial charge on any atom is 0.241 e. The monoisotopic (exact) mass is 413 g/mol. The summed E-state index contributed by atoms with van der Waals surface area (Å²) in [6.45, 7) is 3.18. The molecule has 2 amide bonds. The molecular weight excluding hydrogens is 386 g/mol. The number of amides is 2. The van der Waals surface area contributed by atoms with Crippen LogP contribution in [0, 0.1) is 0 Å². The number of hydrogen-bond donors (Lipinski definition) is 1. The van der Waals surface area contributed by atoms with Gasteiger partial charge in [0.1, 0.15) is 5.75 Å². The lowest BCUT2D eigenvalue weighted by Gasteiger charge is -2.25. The Hall–Kier alpha value is -2.51. The van der Waals surface area contributed by atoms with Crippen molar-refractivity contribution in [3.63, 3.8) is 0 Å². The Balaban J connectivity index is 1.59. The fraction of sp³-hybridized carbons (Fsp3) is 0.364. The van der Waals surface area contributed by atoms with E-state index in [-0.39, 0.29) is 24.9 Å². The SMILES string of the molecule is COc1cccc(NC(=O)CN(C)CC(=O)N2CC[C@@H](C)Sc3ccccc32)c1. The molecule has 0 radical (unpaired) electrons. The lowest BCUT2D eigenvalue weighted by molar-refractivity contribution is -0.121. The van der Waals surface area contributed by atoms with Crippen LogP contribution in [0.5, 0.6) is 5.75 Å². The Bertz CT molecular complexity index is 874. The highest BCUT2D eigenvalue weighted by Gasteiger charge is 2.25. The average molecular weight is 414 g/mol. The minimum absolute atomic E-state index is 0.00355. The van der Waals surface area contributed by atoms with Gasteiger partial charge in [-0.15, -0.1) is 11.8 Å². The van der Waals surface area contributed by atoms with Gasteiger partial charge in [0.15, 0.2) is 0 Å². The van der Waals surface area contributed by atoms with E-state index < -0.39 is 0 Å². The molecule has 0 aromatic heterocycles. The van der Waals surface area contributed by atoms with Crippen LogP contribution in [-0.4, -0.2) is 55.8 Å². The summed E-state index contributed by atoms with van der Waals surface area (Å²) in [5, 5.41) is 3.30. The van der Waals surface area contributed by atoms with Crippen molar-refractivity contribution in [2.75, 3.05) is 44.0 Å². The highest BCUT2D eigenvalue weighted by molar-refractivity contribution is 8.00. The summed E-state index contributed by atoms with van der Waals surface area (Å²) in [6.07, 6.45) is 0.936. The number of para-hydroxylation sites is 1. The second-order valence-corrected chi connectivity index (χ2v) is 8.66. The predicted octanol–water partition coefficient (Wildman–Crippen LogP) is 3.48. The van der Waals surface area contributed by atoms with Gasteiger partial charge >= 0.3 is 0 Å². The third-order valence-corrected chi connectivity index (χ3v) is 5.95. The number of nitrogens with zero attached hydrogens (tertiary/aromatic N) is 2. The number of anilines is 2. The van der Waals surface area contributed by atoms with Gasteiger partial charge in [-0.25, -0.2) is 0 Å². The van der Waals surface area contributed by atoms with Crippen molar-refractivity contribution in [2.45, 2.75) is 23.5 Å². The normalized spacial score (nSPS) is 16.1. The zero-order valence-electron chi connectivity index (χ0n) is 17.1. The number of rotatable bonds is 6. The second-order valence-electron chi connectivity index (χ2n) is 7.18. The number of nitrogens with one attached hydrogen (secondary N) is 1. The first kappa shape index (κ1) is 21.2. The molecule has 7 heteroatoms. The van der Waals surface area contributed by atoms with Crippen molar-refractivity contribution in [2.24, 2.45) is 0 Å². The van der Waals surface area contributed by atoms with Gasteiger partial charge in [0.25, 0.3) is 0 Å². The van der Waals surface area contributed by atoms with E-state index >= 15 is 0 Å². The summed E-state index contributed by atoms with van der Waals surface area (Å²) in [4.78, 5) is 30.1. The van der Waals surface area contributed by atoms with Crippen molar-refractivity contribution >= 4 is 35.0 Å². The number of likely N-dealkylation sites (N-methyl/N-ethyl adjacent to an activating group) is 1. The van der Waals surface area contributed by atoms with E-state index in [9.17, 15) is 9.59 Å². The summed E-state index contributed by atoms with van der Waals surface area (Å²) in [5.41, 5.74) is 1.63. The van der Waals surface area contributed by atoms with Crippen LogP contribution in [0.3, 0.4) is 0 Å². The third-order valence-electron chi connectivity index (χ3n) is 4.72. The number of ether oxygens (including phenoxy) is 1. The molecule has 0 spiro atoms. The van der Waals surface area contributed by atoms with Crippen LogP contribution in [0.25, 0.3) is 0 Å². The lowest BCUT2D eigenvalue weighted by Crippen LogP contribution is -2.42. The molecule has 3 rings (SSSR count). The van der Waals surface area contributed by atoms with Crippen molar-refractivity contribution in [3.8, 4) is 5.75 Å². The molecule has 1 heterocycles. The smallest absolute Gasteiger partial charge is 0.241 e. The molecule has 0 saturated carbocycles. The topological polar surface area (TPSA) is 61.9 Å². The summed E-state index contributed by atoms with van der Waals surface area (Å²) in [7, 11) is 3.37. The average Bonchev–Trinajstić information content (AvgIpc) is 2.86. The maximum atomic E-state index is 13.0. The molecule has 1 aliphatic heterocycles. The Morgan fingerprint density at radius 3 is 2.79 bits per heavy atom. The quantitative estimate of drug-likeness (QED) is 0.786. The van der Waals surface area contributed by atoms with Crippen LogP contribution in [0.1, 0.15) is 13.3 Å². The zero-order chi connectivity index (χ0) is 20.8. The maximum absolute atomic E-state index is 13.0. The van der Waals surface area contributed by atoms with Crippen LogP contribution in [0.2, 0.25) is 0 Å². The molecule has 2 aromatic rings. The van der Waals surface area contributed by atoms with Crippen LogP contribution in [-0.2, 0) is 9.59 Å². The van der Waals surface area contributed by atoms with E-state index in [4.69, 9.17) is 4.74 Å². The highest BCUT2D eigenvalue weighted by atomic mass is 32.2. The van der Waals surface area contributed by atoms with Gasteiger partial charge in [0.2, 0.25) is 11.8 Å². The number of hydrogen-bond acceptors (Lipinski definition) is 5. The molecule has 29 heavy (non-hydrogen) atoms. The number of fused-ring (bicyclic) bond motifs is 1. The number of carbonyl (C=O) groups is 2. The largest absolute Gasteiger partial charge is 0.497 e. The molecular formula is C22H27N3O3S. The molecule has 1 N–H and O–H groups in total. The lowest BCUT2D eigenvalue weighted by atomic mass is 10.2. The van der Waals surface area contributed by atoms with E-state index in [0.29, 0.717) is 23.2 Å². The Morgan fingerprint density at radius 1 is 1.21 bits per heavy atom. The summed E-state index contributed by atoms with van der Waals surface area (Å²) >= 11 is 1.81. The number of benzene rings is 2. The van der Waals surface area contributed by atoms with Gasteiger partial charge in [0.05, 0.1) is 25.9 Å². The van der Waals surface area contributed by atoms with E-state index in [1.807, 2.05) is 35.2 Å². The molecule has 6 nitrogen and oxygen atoms in total. The van der Waals surface area contributed by atoms with Crippen molar-refractivity contribution < 1.29 is 14.3 Å². The van der Waals surface area contributed by atoms with E-state index in [1.165, 1.54) is 0 Å². The standard InChI is InChI=1S/C22H27N3O3S/c1-16-11-12-25(19-9-4-5-10-20(19)29-16)22(27)15-24(2)14-21(26)23-17-7-6-8-18(13-17)28-3/h4-10,13,16H,11-12,14-15H2,1-3H3,(H,23,26)/t16-/m1/s1. The van der Waals surface area contributed by atoms with Gasteiger partial charge < -0.3 is 15.0 Å². The Morgan fingerprint density at radius 2 is 2.00 bits per heavy atom. The molecule has 0 unspecified atom stereocenters. The Labute approximate surface area is 176 Å². The summed E-state index contributed by atoms with van der Waals surface area (Å²) < 4.78 is 5.17. The number of methoxy groups -OCH3 is 1. The van der Waals surface area contributed by atoms with Crippen LogP contribution >= 0.6 is 11.8 Å². The molecule has 0 fully saturated rings. The first-order valence-corrected chi connectivity index (χ1v) is 10.5. The molecule has 2 aromatic carbocycles. The van der Waals surface area contributed by atoms with Gasteiger partial charge in [0, 0.05) is 28.4 Å². The van der Waals surface area contributed by atoms with Crippen LogP contribution in [0.4, 0.5) is 11.4 Å². The van der Waals surface area contributed by atoms with Crippen LogP contribution < -0.4 is 15.0 Å².